The van der Waals surface area contributed by atoms with Gasteiger partial charge in [-0.1, -0.05) is 87.3 Å². The summed E-state index contributed by atoms with van der Waals surface area (Å²) >= 11 is 3.67. The second-order valence-corrected chi connectivity index (χ2v) is 18.3. The maximum Gasteiger partial charge on any atom is 0.164 e. The van der Waals surface area contributed by atoms with Crippen LogP contribution in [-0.2, 0) is 36.7 Å². The third-order valence-electron chi connectivity index (χ3n) is 11.2. The van der Waals surface area contributed by atoms with E-state index in [0.717, 1.165) is 70.7 Å². The average molecular weight is 915 g/mol. The van der Waals surface area contributed by atoms with Crippen molar-refractivity contribution in [2.75, 3.05) is 0 Å². The van der Waals surface area contributed by atoms with Crippen molar-refractivity contribution in [1.29, 1.82) is 0 Å². The number of rotatable bonds is 10. The van der Waals surface area contributed by atoms with Crippen LogP contribution in [0.25, 0.3) is 53.4 Å². The van der Waals surface area contributed by atoms with Gasteiger partial charge in [0, 0.05) is 69.3 Å². The normalized spacial score (nSPS) is 12.9. The van der Waals surface area contributed by atoms with Crippen LogP contribution in [-0.4, -0.2) is 15.9 Å². The van der Waals surface area contributed by atoms with Gasteiger partial charge in [0.15, 0.2) is 5.78 Å². The van der Waals surface area contributed by atoms with E-state index in [1.165, 1.54) is 36.9 Å². The summed E-state index contributed by atoms with van der Waals surface area (Å²) in [7, 11) is 0. The van der Waals surface area contributed by atoms with Crippen molar-refractivity contribution in [2.24, 2.45) is 16.7 Å². The molecule has 1 radical (unpaired) electrons. The number of furan rings is 1. The van der Waals surface area contributed by atoms with Crippen molar-refractivity contribution in [3.05, 3.63) is 75.8 Å². The SMILES string of the molecule is CCC(C)(CC)C(=O)/C=C(\O)C(C)(CC)CC.Cc1sc2cc3oc4ccnc(-c5[c-]c6ccsc6c(C(C)(C)C)c5)c4c3cc2c1CC(C)C.[Ir]. The minimum Gasteiger partial charge on any atom is -0.512 e. The summed E-state index contributed by atoms with van der Waals surface area (Å²) in [5, 5.41) is 17.0. The number of aromatic nitrogens is 1. The van der Waals surface area contributed by atoms with Gasteiger partial charge >= 0.3 is 0 Å². The van der Waals surface area contributed by atoms with Crippen LogP contribution in [0.1, 0.15) is 118 Å². The molecule has 0 amide bonds. The molecular weight excluding hydrogens is 859 g/mol. The van der Waals surface area contributed by atoms with Gasteiger partial charge in [-0.3, -0.25) is 9.78 Å². The molecule has 2 aromatic carbocycles. The van der Waals surface area contributed by atoms with Gasteiger partial charge in [0.2, 0.25) is 0 Å². The third kappa shape index (κ3) is 8.14. The molecule has 0 aliphatic heterocycles. The zero-order chi connectivity index (χ0) is 37.5. The maximum atomic E-state index is 12.2. The van der Waals surface area contributed by atoms with Crippen molar-refractivity contribution >= 4 is 70.6 Å². The number of aliphatic hydroxyl groups excluding tert-OH is 1. The Labute approximate surface area is 332 Å². The number of carbonyl (C=O) groups excluding carboxylic acids is 1. The molecule has 0 aliphatic carbocycles. The van der Waals surface area contributed by atoms with Crippen LogP contribution in [0.3, 0.4) is 0 Å². The van der Waals surface area contributed by atoms with Crippen LogP contribution in [0.4, 0.5) is 0 Å². The third-order valence-corrected chi connectivity index (χ3v) is 13.3. The first-order chi connectivity index (χ1) is 24.0. The predicted octanol–water partition coefficient (Wildman–Crippen LogP) is 14.3. The van der Waals surface area contributed by atoms with E-state index in [1.807, 2.05) is 65.1 Å². The Morgan fingerprint density at radius 1 is 0.942 bits per heavy atom. The topological polar surface area (TPSA) is 63.3 Å². The summed E-state index contributed by atoms with van der Waals surface area (Å²) in [5.74, 6) is 0.905. The number of hydrogen-bond acceptors (Lipinski definition) is 6. The molecule has 6 aromatic rings. The molecular formula is C45H56IrNO3S2-. The minimum absolute atomic E-state index is 0. The van der Waals surface area contributed by atoms with Crippen molar-refractivity contribution in [2.45, 2.75) is 121 Å². The van der Waals surface area contributed by atoms with Crippen molar-refractivity contribution in [1.82, 2.24) is 4.98 Å². The Kier molecular flexibility index (Phi) is 13.1. The number of nitrogens with zero attached hydrogens (tertiary/aromatic N) is 1. The summed E-state index contributed by atoms with van der Waals surface area (Å²) in [5.41, 5.74) is 6.04. The number of benzene rings is 2. The average Bonchev–Trinajstić information content (AvgIpc) is 3.80. The van der Waals surface area contributed by atoms with Crippen molar-refractivity contribution in [3.63, 3.8) is 0 Å². The first kappa shape index (κ1) is 41.9. The number of fused-ring (bicyclic) bond motifs is 5. The van der Waals surface area contributed by atoms with E-state index in [2.05, 4.69) is 77.3 Å². The number of aryl methyl sites for hydroxylation is 1. The fourth-order valence-electron chi connectivity index (χ4n) is 6.73. The minimum atomic E-state index is -0.337. The smallest absolute Gasteiger partial charge is 0.164 e. The molecule has 0 saturated heterocycles. The zero-order valence-electron chi connectivity index (χ0n) is 33.1. The van der Waals surface area contributed by atoms with Crippen LogP contribution in [0.2, 0.25) is 0 Å². The Morgan fingerprint density at radius 3 is 2.19 bits per heavy atom. The van der Waals surface area contributed by atoms with Gasteiger partial charge in [0.25, 0.3) is 0 Å². The summed E-state index contributed by atoms with van der Waals surface area (Å²) in [6.45, 7) is 25.7. The van der Waals surface area contributed by atoms with E-state index in [-0.39, 0.29) is 47.9 Å². The zero-order valence-corrected chi connectivity index (χ0v) is 37.1. The van der Waals surface area contributed by atoms with E-state index in [0.29, 0.717) is 5.92 Å². The van der Waals surface area contributed by atoms with Crippen LogP contribution in [0, 0.1) is 29.7 Å². The van der Waals surface area contributed by atoms with Crippen LogP contribution in [0.5, 0.6) is 0 Å². The fraction of sp³-hybridized carbons (Fsp3) is 0.467. The predicted molar refractivity (Wildman–Crippen MR) is 222 cm³/mol. The number of hydrogen-bond donors (Lipinski definition) is 1. The van der Waals surface area contributed by atoms with E-state index >= 15 is 0 Å². The van der Waals surface area contributed by atoms with Gasteiger partial charge in [0.05, 0.1) is 0 Å². The monoisotopic (exact) mass is 915 g/mol. The molecule has 0 atom stereocenters. The number of pyridine rings is 1. The molecule has 0 aliphatic rings. The van der Waals surface area contributed by atoms with Gasteiger partial charge in [-0.15, -0.1) is 34.9 Å². The number of thiophene rings is 2. The van der Waals surface area contributed by atoms with Gasteiger partial charge in [-0.2, -0.15) is 11.3 Å². The van der Waals surface area contributed by atoms with Gasteiger partial charge in [-0.05, 0) is 89.6 Å². The second kappa shape index (κ2) is 16.3. The van der Waals surface area contributed by atoms with E-state index in [9.17, 15) is 9.90 Å². The second-order valence-electron chi connectivity index (χ2n) is 16.2. The van der Waals surface area contributed by atoms with Gasteiger partial charge in [-0.25, -0.2) is 0 Å². The first-order valence-electron chi connectivity index (χ1n) is 18.6. The van der Waals surface area contributed by atoms with E-state index in [1.54, 1.807) is 11.3 Å². The largest absolute Gasteiger partial charge is 0.512 e. The van der Waals surface area contributed by atoms with Gasteiger partial charge in [0.1, 0.15) is 16.9 Å². The van der Waals surface area contributed by atoms with E-state index in [4.69, 9.17) is 9.40 Å². The maximum absolute atomic E-state index is 12.2. The molecule has 1 N–H and O–H groups in total. The van der Waals surface area contributed by atoms with Crippen LogP contribution in [0.15, 0.2) is 58.2 Å². The number of allylic oxidation sites excluding steroid dienone is 2. The molecule has 0 unspecified atom stereocenters. The standard InChI is InChI=1S/C30H28NOS2.C15H28O2.Ir/c1-16(2)11-20-17(3)34-26-15-25-22(14-21(20)26)27-24(32-25)7-9-31-28(27)19-12-18-8-10-33-29(18)23(13-19)30(4,5)6;1-7-14(5,8-2)12(16)11-13(17)15(6,9-3)10-4;/h7-10,13-16H,11H2,1-6H3;11,16H,7-10H2,1-6H3;/q-1;;/b;12-11-;. The molecule has 281 valence electrons. The van der Waals surface area contributed by atoms with E-state index < -0.39 is 0 Å². The van der Waals surface area contributed by atoms with Crippen molar-refractivity contribution in [3.8, 4) is 11.3 Å². The number of carbonyl (C=O) groups is 1. The van der Waals surface area contributed by atoms with Crippen molar-refractivity contribution < 1.29 is 34.4 Å². The summed E-state index contributed by atoms with van der Waals surface area (Å²) in [6.07, 6.45) is 7.71. The van der Waals surface area contributed by atoms with Crippen LogP contribution < -0.4 is 0 Å². The molecule has 4 aromatic heterocycles. The summed E-state index contributed by atoms with van der Waals surface area (Å²) in [4.78, 5) is 18.5. The molecule has 6 rings (SSSR count). The fourth-order valence-corrected chi connectivity index (χ4v) is 8.91. The number of ketones is 1. The molecule has 7 heteroatoms. The molecule has 0 bridgehead atoms. The number of aliphatic hydroxyl groups is 1. The Balaban J connectivity index is 0.000000289. The quantitative estimate of drug-likeness (QED) is 0.0845. The molecule has 0 saturated carbocycles. The molecule has 4 heterocycles. The first-order valence-corrected chi connectivity index (χ1v) is 20.3. The Hall–Kier alpha value is -2.83. The molecule has 4 nitrogen and oxygen atoms in total. The van der Waals surface area contributed by atoms with Gasteiger partial charge < -0.3 is 9.52 Å². The molecule has 52 heavy (non-hydrogen) atoms. The summed E-state index contributed by atoms with van der Waals surface area (Å²) < 4.78 is 8.99. The molecule has 0 fully saturated rings. The Morgan fingerprint density at radius 2 is 1.60 bits per heavy atom. The Bertz CT molecular complexity index is 2220. The van der Waals surface area contributed by atoms with Crippen LogP contribution >= 0.6 is 22.7 Å². The summed E-state index contributed by atoms with van der Waals surface area (Å²) in [6, 6.07) is 14.7. The molecule has 0 spiro atoms.